The maximum Gasteiger partial charge on any atom is 0.125 e. The molecule has 64 valence electrons. The van der Waals surface area contributed by atoms with Crippen molar-refractivity contribution in [1.82, 2.24) is 10.2 Å². The summed E-state index contributed by atoms with van der Waals surface area (Å²) in [7, 11) is 1.99. The molecule has 0 unspecified atom stereocenters. The fourth-order valence-corrected chi connectivity index (χ4v) is 2.31. The molecule has 1 spiro atoms. The van der Waals surface area contributed by atoms with Crippen molar-refractivity contribution in [2.45, 2.75) is 31.0 Å². The van der Waals surface area contributed by atoms with Crippen molar-refractivity contribution in [3.05, 3.63) is 0 Å². The second-order valence-electron chi connectivity index (χ2n) is 3.79. The van der Waals surface area contributed by atoms with Crippen LogP contribution in [0.15, 0.2) is 0 Å². The Hall–Kier alpha value is -0.120. The fraction of sp³-hybridized carbons (Fsp3) is 1.00. The summed E-state index contributed by atoms with van der Waals surface area (Å²) in [5.74, 6) is 0. The molecule has 2 aliphatic heterocycles. The molecule has 0 amide bonds. The molecule has 2 heterocycles. The lowest BCUT2D eigenvalue weighted by molar-refractivity contribution is 0.00284. The first-order valence-corrected chi connectivity index (χ1v) is 4.38. The molecule has 3 heteroatoms. The van der Waals surface area contributed by atoms with Gasteiger partial charge in [-0.15, -0.1) is 0 Å². The van der Waals surface area contributed by atoms with E-state index in [0.29, 0.717) is 0 Å². The molecule has 0 aliphatic carbocycles. The van der Waals surface area contributed by atoms with E-state index in [1.807, 2.05) is 11.9 Å². The standard InChI is InChI=1S/C8H16N2O/c1-10-6-4-8(7(10)11)3-2-5-9-8/h7,9,11H,2-6H2,1H3/t7-,8-/m1/s1. The number of likely N-dealkylation sites (tertiary alicyclic amines) is 1. The Morgan fingerprint density at radius 2 is 2.36 bits per heavy atom. The molecule has 0 aromatic rings. The lowest BCUT2D eigenvalue weighted by atomic mass is 9.95. The van der Waals surface area contributed by atoms with Crippen LogP contribution in [-0.2, 0) is 0 Å². The monoisotopic (exact) mass is 156 g/mol. The van der Waals surface area contributed by atoms with Gasteiger partial charge in [0.15, 0.2) is 0 Å². The van der Waals surface area contributed by atoms with Gasteiger partial charge in [-0.25, -0.2) is 0 Å². The Morgan fingerprint density at radius 3 is 2.82 bits per heavy atom. The summed E-state index contributed by atoms with van der Waals surface area (Å²) in [6.45, 7) is 2.10. The van der Waals surface area contributed by atoms with Gasteiger partial charge in [0.25, 0.3) is 0 Å². The highest BCUT2D eigenvalue weighted by Crippen LogP contribution is 2.33. The van der Waals surface area contributed by atoms with E-state index in [0.717, 1.165) is 25.9 Å². The van der Waals surface area contributed by atoms with Crippen LogP contribution in [0.2, 0.25) is 0 Å². The lowest BCUT2D eigenvalue weighted by Crippen LogP contribution is -2.50. The number of hydrogen-bond donors (Lipinski definition) is 2. The van der Waals surface area contributed by atoms with E-state index < -0.39 is 0 Å². The molecule has 2 saturated heterocycles. The van der Waals surface area contributed by atoms with Gasteiger partial charge in [0.1, 0.15) is 6.23 Å². The van der Waals surface area contributed by atoms with Crippen molar-refractivity contribution in [2.24, 2.45) is 0 Å². The molecule has 2 rings (SSSR count). The molecule has 11 heavy (non-hydrogen) atoms. The van der Waals surface area contributed by atoms with E-state index >= 15 is 0 Å². The summed E-state index contributed by atoms with van der Waals surface area (Å²) in [6, 6.07) is 0. The van der Waals surface area contributed by atoms with Crippen molar-refractivity contribution in [3.8, 4) is 0 Å². The highest BCUT2D eigenvalue weighted by molar-refractivity contribution is 5.02. The summed E-state index contributed by atoms with van der Waals surface area (Å²) < 4.78 is 0. The Morgan fingerprint density at radius 1 is 1.55 bits per heavy atom. The summed E-state index contributed by atoms with van der Waals surface area (Å²) in [5, 5.41) is 13.2. The average molecular weight is 156 g/mol. The van der Waals surface area contributed by atoms with Gasteiger partial charge in [0.2, 0.25) is 0 Å². The summed E-state index contributed by atoms with van der Waals surface area (Å²) in [5.41, 5.74) is 0.0503. The van der Waals surface area contributed by atoms with E-state index in [1.165, 1.54) is 6.42 Å². The van der Waals surface area contributed by atoms with Crippen LogP contribution in [0.5, 0.6) is 0 Å². The summed E-state index contributed by atoms with van der Waals surface area (Å²) in [4.78, 5) is 2.03. The van der Waals surface area contributed by atoms with Gasteiger partial charge in [-0.1, -0.05) is 0 Å². The SMILES string of the molecule is CN1CC[C@]2(CCCN2)[C@H]1O. The minimum absolute atomic E-state index is 0.0503. The fourth-order valence-electron chi connectivity index (χ4n) is 2.31. The Kier molecular flexibility index (Phi) is 1.67. The minimum Gasteiger partial charge on any atom is -0.376 e. The van der Waals surface area contributed by atoms with Crippen molar-refractivity contribution in [1.29, 1.82) is 0 Å². The van der Waals surface area contributed by atoms with Crippen molar-refractivity contribution < 1.29 is 5.11 Å². The average Bonchev–Trinajstić information content (AvgIpc) is 2.56. The molecule has 0 saturated carbocycles. The van der Waals surface area contributed by atoms with Crippen LogP contribution in [0.25, 0.3) is 0 Å². The second-order valence-corrected chi connectivity index (χ2v) is 3.79. The highest BCUT2D eigenvalue weighted by atomic mass is 16.3. The molecule has 0 aromatic carbocycles. The van der Waals surface area contributed by atoms with E-state index in [1.54, 1.807) is 0 Å². The van der Waals surface area contributed by atoms with Gasteiger partial charge < -0.3 is 10.4 Å². The number of nitrogens with one attached hydrogen (secondary N) is 1. The quantitative estimate of drug-likeness (QED) is 0.508. The van der Waals surface area contributed by atoms with Crippen LogP contribution >= 0.6 is 0 Å². The molecule has 0 radical (unpaired) electrons. The molecule has 2 atom stereocenters. The Balaban J connectivity index is 2.13. The Labute approximate surface area is 67.4 Å². The zero-order valence-corrected chi connectivity index (χ0v) is 7.01. The van der Waals surface area contributed by atoms with Gasteiger partial charge >= 0.3 is 0 Å². The van der Waals surface area contributed by atoms with Gasteiger partial charge in [-0.05, 0) is 32.9 Å². The number of rotatable bonds is 0. The minimum atomic E-state index is -0.259. The number of aliphatic hydroxyl groups excluding tert-OH is 1. The largest absolute Gasteiger partial charge is 0.376 e. The predicted octanol–water partition coefficient (Wildman–Crippen LogP) is -0.238. The van der Waals surface area contributed by atoms with E-state index in [-0.39, 0.29) is 11.8 Å². The number of hydrogen-bond acceptors (Lipinski definition) is 3. The zero-order valence-electron chi connectivity index (χ0n) is 7.01. The second kappa shape index (κ2) is 2.44. The van der Waals surface area contributed by atoms with Crippen molar-refractivity contribution in [2.75, 3.05) is 20.1 Å². The van der Waals surface area contributed by atoms with Gasteiger partial charge in [0.05, 0.1) is 5.54 Å². The summed E-state index contributed by atoms with van der Waals surface area (Å²) >= 11 is 0. The van der Waals surface area contributed by atoms with Crippen molar-refractivity contribution in [3.63, 3.8) is 0 Å². The maximum absolute atomic E-state index is 9.81. The van der Waals surface area contributed by atoms with Crippen LogP contribution in [0.4, 0.5) is 0 Å². The van der Waals surface area contributed by atoms with Gasteiger partial charge in [-0.3, -0.25) is 4.90 Å². The molecule has 2 fully saturated rings. The lowest BCUT2D eigenvalue weighted by Gasteiger charge is -2.29. The van der Waals surface area contributed by atoms with Crippen LogP contribution < -0.4 is 5.32 Å². The first kappa shape index (κ1) is 7.53. The third kappa shape index (κ3) is 0.991. The van der Waals surface area contributed by atoms with Crippen molar-refractivity contribution >= 4 is 0 Å². The topological polar surface area (TPSA) is 35.5 Å². The number of aliphatic hydroxyl groups is 1. The summed E-state index contributed by atoms with van der Waals surface area (Å²) in [6.07, 6.45) is 3.19. The third-order valence-electron chi connectivity index (χ3n) is 3.10. The first-order valence-electron chi connectivity index (χ1n) is 4.38. The first-order chi connectivity index (χ1) is 5.25. The smallest absolute Gasteiger partial charge is 0.125 e. The van der Waals surface area contributed by atoms with Crippen LogP contribution in [0.3, 0.4) is 0 Å². The molecule has 2 N–H and O–H groups in total. The van der Waals surface area contributed by atoms with Crippen LogP contribution in [0, 0.1) is 0 Å². The molecule has 2 aliphatic rings. The predicted molar refractivity (Wildman–Crippen MR) is 43.2 cm³/mol. The highest BCUT2D eigenvalue weighted by Gasteiger charge is 2.46. The van der Waals surface area contributed by atoms with E-state index in [4.69, 9.17) is 0 Å². The third-order valence-corrected chi connectivity index (χ3v) is 3.10. The zero-order chi connectivity index (χ0) is 7.90. The Bertz CT molecular complexity index is 154. The van der Waals surface area contributed by atoms with E-state index in [2.05, 4.69) is 5.32 Å². The van der Waals surface area contributed by atoms with Crippen LogP contribution in [-0.4, -0.2) is 41.9 Å². The molecule has 3 nitrogen and oxygen atoms in total. The molecular formula is C8H16N2O. The molecular weight excluding hydrogens is 140 g/mol. The molecule has 0 bridgehead atoms. The van der Waals surface area contributed by atoms with Gasteiger partial charge in [0, 0.05) is 6.54 Å². The maximum atomic E-state index is 9.81. The number of likely N-dealkylation sites (N-methyl/N-ethyl adjacent to an activating group) is 1. The van der Waals surface area contributed by atoms with E-state index in [9.17, 15) is 5.11 Å². The number of nitrogens with zero attached hydrogens (tertiary/aromatic N) is 1. The normalized spacial score (nSPS) is 45.8. The van der Waals surface area contributed by atoms with Gasteiger partial charge in [-0.2, -0.15) is 0 Å². The van der Waals surface area contributed by atoms with Crippen LogP contribution in [0.1, 0.15) is 19.3 Å². The molecule has 0 aromatic heterocycles.